The largest absolute Gasteiger partial charge is 0.324 e. The van der Waals surface area contributed by atoms with Crippen molar-refractivity contribution >= 4 is 11.6 Å². The molecule has 2 aromatic rings. The molecule has 1 atom stereocenters. The zero-order valence-corrected chi connectivity index (χ0v) is 12.4. The summed E-state index contributed by atoms with van der Waals surface area (Å²) in [5, 5.41) is 0.404. The molecule has 0 bridgehead atoms. The fourth-order valence-electron chi connectivity index (χ4n) is 3.16. The molecule has 1 aromatic carbocycles. The molecule has 2 nitrogen and oxygen atoms in total. The highest BCUT2D eigenvalue weighted by molar-refractivity contribution is 6.30. The maximum absolute atomic E-state index is 13.6. The summed E-state index contributed by atoms with van der Waals surface area (Å²) in [5.41, 5.74) is 9.48. The summed E-state index contributed by atoms with van der Waals surface area (Å²) < 4.78 is 15.6. The first-order chi connectivity index (χ1) is 9.35. The molecule has 20 heavy (non-hydrogen) atoms. The van der Waals surface area contributed by atoms with E-state index in [4.69, 9.17) is 17.3 Å². The molecular weight excluding hydrogens is 275 g/mol. The second-order valence-electron chi connectivity index (χ2n) is 6.37. The van der Waals surface area contributed by atoms with Gasteiger partial charge >= 0.3 is 0 Å². The van der Waals surface area contributed by atoms with Crippen LogP contribution in [0.15, 0.2) is 30.5 Å². The van der Waals surface area contributed by atoms with Gasteiger partial charge in [0.05, 0.1) is 0 Å². The van der Waals surface area contributed by atoms with Crippen molar-refractivity contribution in [1.82, 2.24) is 4.57 Å². The topological polar surface area (TPSA) is 30.9 Å². The van der Waals surface area contributed by atoms with Crippen molar-refractivity contribution in [3.05, 3.63) is 52.6 Å². The van der Waals surface area contributed by atoms with Crippen LogP contribution in [0.5, 0.6) is 0 Å². The third-order valence-electron chi connectivity index (χ3n) is 3.97. The Labute approximate surface area is 123 Å². The SMILES string of the molecule is CC1(C)Cc2c(ccn2-c2cc(F)cc(Cl)c2)C(N)C1. The highest BCUT2D eigenvalue weighted by Gasteiger charge is 2.32. The molecule has 0 radical (unpaired) electrons. The van der Waals surface area contributed by atoms with Crippen molar-refractivity contribution in [2.75, 3.05) is 0 Å². The number of hydrogen-bond donors (Lipinski definition) is 1. The van der Waals surface area contributed by atoms with Crippen molar-refractivity contribution in [3.8, 4) is 5.69 Å². The lowest BCUT2D eigenvalue weighted by atomic mass is 9.74. The molecule has 0 aliphatic heterocycles. The van der Waals surface area contributed by atoms with Gasteiger partial charge in [0, 0.05) is 28.6 Å². The van der Waals surface area contributed by atoms with Crippen LogP contribution in [0.1, 0.15) is 37.6 Å². The van der Waals surface area contributed by atoms with Crippen molar-refractivity contribution in [2.45, 2.75) is 32.7 Å². The zero-order valence-electron chi connectivity index (χ0n) is 11.7. The molecule has 0 saturated carbocycles. The van der Waals surface area contributed by atoms with Crippen molar-refractivity contribution in [2.24, 2.45) is 11.1 Å². The van der Waals surface area contributed by atoms with Crippen LogP contribution in [-0.2, 0) is 6.42 Å². The molecule has 0 spiro atoms. The predicted octanol–water partition coefficient (Wildman–Crippen LogP) is 4.24. The Morgan fingerprint density at radius 1 is 1.35 bits per heavy atom. The van der Waals surface area contributed by atoms with Crippen LogP contribution in [0.2, 0.25) is 5.02 Å². The Hall–Kier alpha value is -1.32. The van der Waals surface area contributed by atoms with E-state index in [-0.39, 0.29) is 17.3 Å². The van der Waals surface area contributed by atoms with E-state index in [0.717, 1.165) is 29.8 Å². The van der Waals surface area contributed by atoms with Crippen LogP contribution in [0, 0.1) is 11.2 Å². The lowest BCUT2D eigenvalue weighted by Crippen LogP contribution is -2.30. The van der Waals surface area contributed by atoms with Crippen LogP contribution < -0.4 is 5.73 Å². The number of fused-ring (bicyclic) bond motifs is 1. The quantitative estimate of drug-likeness (QED) is 0.837. The summed E-state index contributed by atoms with van der Waals surface area (Å²) in [4.78, 5) is 0. The molecule has 0 saturated heterocycles. The second-order valence-corrected chi connectivity index (χ2v) is 6.80. The van der Waals surface area contributed by atoms with Gasteiger partial charge in [0.2, 0.25) is 0 Å². The van der Waals surface area contributed by atoms with Gasteiger partial charge in [-0.25, -0.2) is 4.39 Å². The number of hydrogen-bond acceptors (Lipinski definition) is 1. The lowest BCUT2D eigenvalue weighted by Gasteiger charge is -2.34. The van der Waals surface area contributed by atoms with Gasteiger partial charge in [-0.2, -0.15) is 0 Å². The highest BCUT2D eigenvalue weighted by atomic mass is 35.5. The molecule has 0 fully saturated rings. The molecule has 1 aliphatic carbocycles. The molecule has 2 N–H and O–H groups in total. The van der Waals surface area contributed by atoms with Gasteiger partial charge in [-0.15, -0.1) is 0 Å². The van der Waals surface area contributed by atoms with Gasteiger partial charge in [-0.05, 0) is 48.1 Å². The molecule has 1 aliphatic rings. The number of benzene rings is 1. The smallest absolute Gasteiger partial charge is 0.126 e. The Morgan fingerprint density at radius 2 is 2.10 bits per heavy atom. The Balaban J connectivity index is 2.13. The molecular formula is C16H18ClFN2. The number of aromatic nitrogens is 1. The lowest BCUT2D eigenvalue weighted by molar-refractivity contribution is 0.278. The standard InChI is InChI=1S/C16H18ClFN2/c1-16(2)8-14(19)13-3-4-20(15(13)9-16)12-6-10(17)5-11(18)7-12/h3-7,14H,8-9,19H2,1-2H3. The predicted molar refractivity (Wildman–Crippen MR) is 79.8 cm³/mol. The highest BCUT2D eigenvalue weighted by Crippen LogP contribution is 2.40. The monoisotopic (exact) mass is 292 g/mol. The molecule has 3 rings (SSSR count). The van der Waals surface area contributed by atoms with Gasteiger partial charge < -0.3 is 10.3 Å². The van der Waals surface area contributed by atoms with Crippen molar-refractivity contribution < 1.29 is 4.39 Å². The molecule has 106 valence electrons. The van der Waals surface area contributed by atoms with Crippen LogP contribution in [0.4, 0.5) is 4.39 Å². The summed E-state index contributed by atoms with van der Waals surface area (Å²) in [6, 6.07) is 6.67. The average Bonchev–Trinajstić information content (AvgIpc) is 2.69. The normalized spacial score (nSPS) is 20.8. The third kappa shape index (κ3) is 2.36. The molecule has 1 aromatic heterocycles. The maximum Gasteiger partial charge on any atom is 0.126 e. The van der Waals surface area contributed by atoms with E-state index in [2.05, 4.69) is 13.8 Å². The van der Waals surface area contributed by atoms with Crippen LogP contribution in [0.3, 0.4) is 0 Å². The minimum atomic E-state index is -0.325. The van der Waals surface area contributed by atoms with Crippen LogP contribution >= 0.6 is 11.6 Å². The Bertz CT molecular complexity index is 640. The molecule has 4 heteroatoms. The van der Waals surface area contributed by atoms with Gasteiger partial charge in [-0.3, -0.25) is 0 Å². The first-order valence-electron chi connectivity index (χ1n) is 6.78. The second kappa shape index (κ2) is 4.61. The number of halogens is 2. The van der Waals surface area contributed by atoms with Crippen molar-refractivity contribution in [1.29, 1.82) is 0 Å². The fraction of sp³-hybridized carbons (Fsp3) is 0.375. The Morgan fingerprint density at radius 3 is 2.80 bits per heavy atom. The minimum Gasteiger partial charge on any atom is -0.324 e. The van der Waals surface area contributed by atoms with E-state index in [1.54, 1.807) is 6.07 Å². The van der Waals surface area contributed by atoms with E-state index < -0.39 is 0 Å². The van der Waals surface area contributed by atoms with E-state index in [1.807, 2.05) is 16.8 Å². The number of nitrogens with zero attached hydrogens (tertiary/aromatic N) is 1. The summed E-state index contributed by atoms with van der Waals surface area (Å²) in [5.74, 6) is -0.325. The van der Waals surface area contributed by atoms with Crippen LogP contribution in [0.25, 0.3) is 5.69 Å². The van der Waals surface area contributed by atoms with Gasteiger partial charge in [0.1, 0.15) is 5.82 Å². The van der Waals surface area contributed by atoms with Crippen LogP contribution in [-0.4, -0.2) is 4.57 Å². The molecule has 0 amide bonds. The molecule has 1 heterocycles. The van der Waals surface area contributed by atoms with Gasteiger partial charge in [0.25, 0.3) is 0 Å². The summed E-state index contributed by atoms with van der Waals surface area (Å²) >= 11 is 5.96. The number of rotatable bonds is 1. The third-order valence-corrected chi connectivity index (χ3v) is 4.19. The summed E-state index contributed by atoms with van der Waals surface area (Å²) in [7, 11) is 0. The average molecular weight is 293 g/mol. The van der Waals surface area contributed by atoms with Gasteiger partial charge in [0.15, 0.2) is 0 Å². The number of nitrogens with two attached hydrogens (primary N) is 1. The van der Waals surface area contributed by atoms with E-state index in [0.29, 0.717) is 5.02 Å². The minimum absolute atomic E-state index is 0.0408. The summed E-state index contributed by atoms with van der Waals surface area (Å²) in [6.07, 6.45) is 3.85. The van der Waals surface area contributed by atoms with E-state index >= 15 is 0 Å². The van der Waals surface area contributed by atoms with E-state index in [1.165, 1.54) is 12.1 Å². The fourth-order valence-corrected chi connectivity index (χ4v) is 3.37. The zero-order chi connectivity index (χ0) is 14.5. The molecule has 1 unspecified atom stereocenters. The maximum atomic E-state index is 13.6. The first-order valence-corrected chi connectivity index (χ1v) is 7.16. The summed E-state index contributed by atoms with van der Waals surface area (Å²) in [6.45, 7) is 4.43. The van der Waals surface area contributed by atoms with Crippen molar-refractivity contribution in [3.63, 3.8) is 0 Å². The Kier molecular flexibility index (Phi) is 3.14. The first kappa shape index (κ1) is 13.7. The van der Waals surface area contributed by atoms with E-state index in [9.17, 15) is 4.39 Å². The van der Waals surface area contributed by atoms with Gasteiger partial charge in [-0.1, -0.05) is 25.4 Å².